The molecular formula is C20H26ClN3O4. The van der Waals surface area contributed by atoms with Gasteiger partial charge >= 0.3 is 6.09 Å². The van der Waals surface area contributed by atoms with Crippen LogP contribution in [0.3, 0.4) is 0 Å². The topological polar surface area (TPSA) is 90.2 Å². The molecule has 1 saturated carbocycles. The highest BCUT2D eigenvalue weighted by atomic mass is 35.5. The summed E-state index contributed by atoms with van der Waals surface area (Å²) >= 11 is 0. The molecule has 0 spiro atoms. The fourth-order valence-electron chi connectivity index (χ4n) is 4.50. The fraction of sp³-hybridized carbons (Fsp3) is 0.500. The van der Waals surface area contributed by atoms with Crippen LogP contribution in [0.15, 0.2) is 40.9 Å². The number of methoxy groups -OCH3 is 1. The molecule has 2 fully saturated rings. The number of benzene rings is 1. The van der Waals surface area contributed by atoms with Crippen molar-refractivity contribution in [1.82, 2.24) is 10.5 Å². The van der Waals surface area contributed by atoms with Crippen LogP contribution in [-0.2, 0) is 28.1 Å². The number of carbonyl (C=O) groups excluding carboxylic acids is 1. The molecule has 2 aliphatic rings. The molecule has 0 radical (unpaired) electrons. The van der Waals surface area contributed by atoms with Gasteiger partial charge in [0.05, 0.1) is 18.8 Å². The number of rotatable bonds is 7. The molecule has 1 saturated heterocycles. The average Bonchev–Trinajstić information content (AvgIpc) is 3.12. The lowest BCUT2D eigenvalue weighted by molar-refractivity contribution is -0.664. The quantitative estimate of drug-likeness (QED) is 0.565. The molecule has 2 aromatic rings. The van der Waals surface area contributed by atoms with Crippen LogP contribution in [0.25, 0.3) is 0 Å². The first-order chi connectivity index (χ1) is 13.2. The number of quaternary nitrogens is 1. The van der Waals surface area contributed by atoms with E-state index in [2.05, 4.69) is 15.8 Å². The minimum absolute atomic E-state index is 0. The molecule has 0 bridgehead atoms. The SMILES string of the molecule is COCc1cc(C2(CNC(=O)OCc3ccccc3)C3CC[NH2+]CC32)no1.[Cl-]. The Kier molecular flexibility index (Phi) is 6.59. The zero-order valence-corrected chi connectivity index (χ0v) is 16.7. The minimum atomic E-state index is -0.397. The van der Waals surface area contributed by atoms with Crippen molar-refractivity contribution >= 4 is 6.09 Å². The maximum atomic E-state index is 12.2. The van der Waals surface area contributed by atoms with E-state index in [0.29, 0.717) is 30.7 Å². The summed E-state index contributed by atoms with van der Waals surface area (Å²) < 4.78 is 15.9. The van der Waals surface area contributed by atoms with Crippen LogP contribution in [0.5, 0.6) is 0 Å². The van der Waals surface area contributed by atoms with Gasteiger partial charge in [-0.1, -0.05) is 35.5 Å². The summed E-state index contributed by atoms with van der Waals surface area (Å²) in [7, 11) is 1.63. The molecule has 1 amide bonds. The van der Waals surface area contributed by atoms with E-state index < -0.39 is 6.09 Å². The third kappa shape index (κ3) is 4.01. The van der Waals surface area contributed by atoms with Crippen LogP contribution in [-0.4, -0.2) is 38.0 Å². The van der Waals surface area contributed by atoms with Gasteiger partial charge in [0.1, 0.15) is 13.2 Å². The third-order valence-corrected chi connectivity index (χ3v) is 5.86. The molecule has 1 aliphatic heterocycles. The molecular weight excluding hydrogens is 382 g/mol. The molecule has 28 heavy (non-hydrogen) atoms. The number of amides is 1. The Morgan fingerprint density at radius 1 is 1.32 bits per heavy atom. The molecule has 3 unspecified atom stereocenters. The fourth-order valence-corrected chi connectivity index (χ4v) is 4.50. The van der Waals surface area contributed by atoms with Gasteiger partial charge in [-0.2, -0.15) is 0 Å². The predicted molar refractivity (Wildman–Crippen MR) is 96.8 cm³/mol. The summed E-state index contributed by atoms with van der Waals surface area (Å²) in [6.45, 7) is 3.35. The molecule has 1 aromatic carbocycles. The lowest BCUT2D eigenvalue weighted by atomic mass is 9.96. The van der Waals surface area contributed by atoms with Crippen LogP contribution in [0.4, 0.5) is 4.79 Å². The monoisotopic (exact) mass is 407 g/mol. The van der Waals surface area contributed by atoms with Gasteiger partial charge in [0.25, 0.3) is 0 Å². The van der Waals surface area contributed by atoms with Gasteiger partial charge in [0.15, 0.2) is 5.76 Å². The predicted octanol–water partition coefficient (Wildman–Crippen LogP) is -1.80. The first kappa shape index (κ1) is 20.6. The highest BCUT2D eigenvalue weighted by molar-refractivity contribution is 5.67. The van der Waals surface area contributed by atoms with E-state index in [9.17, 15) is 4.79 Å². The van der Waals surface area contributed by atoms with Crippen molar-refractivity contribution in [3.05, 3.63) is 53.4 Å². The zero-order chi connectivity index (χ0) is 18.7. The van der Waals surface area contributed by atoms with Crippen LogP contribution in [0, 0.1) is 11.8 Å². The van der Waals surface area contributed by atoms with Crippen molar-refractivity contribution < 1.29 is 36.5 Å². The number of alkyl carbamates (subject to hydrolysis) is 1. The standard InChI is InChI=1S/C20H25N3O4.ClH/c1-25-12-15-9-18(23-27-15)20(16-7-8-21-10-17(16)20)13-22-19(24)26-11-14-5-3-2-4-6-14;/h2-6,9,16-17,21H,7-8,10-13H2,1H3,(H,22,24);1H. The van der Waals surface area contributed by atoms with Crippen molar-refractivity contribution in [2.24, 2.45) is 11.8 Å². The van der Waals surface area contributed by atoms with Crippen molar-refractivity contribution in [1.29, 1.82) is 0 Å². The van der Waals surface area contributed by atoms with Gasteiger partial charge in [-0.05, 0) is 11.5 Å². The second kappa shape index (κ2) is 8.94. The van der Waals surface area contributed by atoms with Crippen LogP contribution >= 0.6 is 0 Å². The van der Waals surface area contributed by atoms with Crippen LogP contribution in [0.1, 0.15) is 23.4 Å². The Morgan fingerprint density at radius 2 is 2.14 bits per heavy atom. The Balaban J connectivity index is 0.00000225. The number of hydrogen-bond donors (Lipinski definition) is 2. The van der Waals surface area contributed by atoms with Gasteiger partial charge in [0.2, 0.25) is 0 Å². The third-order valence-electron chi connectivity index (χ3n) is 5.86. The normalized spacial score (nSPS) is 25.3. The Labute approximate surface area is 170 Å². The van der Waals surface area contributed by atoms with Crippen LogP contribution < -0.4 is 23.0 Å². The second-order valence-electron chi connectivity index (χ2n) is 7.38. The summed E-state index contributed by atoms with van der Waals surface area (Å²) in [6.07, 6.45) is 0.726. The zero-order valence-electron chi connectivity index (χ0n) is 15.9. The number of fused-ring (bicyclic) bond motifs is 1. The number of hydrogen-bond acceptors (Lipinski definition) is 5. The molecule has 7 nitrogen and oxygen atoms in total. The second-order valence-corrected chi connectivity index (χ2v) is 7.38. The average molecular weight is 408 g/mol. The van der Waals surface area contributed by atoms with Gasteiger partial charge in [-0.25, -0.2) is 4.79 Å². The maximum Gasteiger partial charge on any atom is 0.407 e. The number of halogens is 1. The molecule has 3 N–H and O–H groups in total. The van der Waals surface area contributed by atoms with E-state index in [0.717, 1.165) is 30.8 Å². The summed E-state index contributed by atoms with van der Waals surface area (Å²) in [6, 6.07) is 11.6. The Morgan fingerprint density at radius 3 is 2.86 bits per heavy atom. The lowest BCUT2D eigenvalue weighted by Gasteiger charge is -2.15. The molecule has 2 heterocycles. The van der Waals surface area contributed by atoms with Crippen molar-refractivity contribution in [3.63, 3.8) is 0 Å². The Bertz CT molecular complexity index is 771. The van der Waals surface area contributed by atoms with Gasteiger partial charge in [-0.3, -0.25) is 0 Å². The number of piperidine rings is 1. The summed E-state index contributed by atoms with van der Waals surface area (Å²) in [4.78, 5) is 12.2. The first-order valence-electron chi connectivity index (χ1n) is 9.45. The van der Waals surface area contributed by atoms with E-state index in [1.165, 1.54) is 0 Å². The lowest BCUT2D eigenvalue weighted by Crippen LogP contribution is -3.00. The number of nitrogens with one attached hydrogen (secondary N) is 1. The molecule has 1 aromatic heterocycles. The largest absolute Gasteiger partial charge is 1.00 e. The van der Waals surface area contributed by atoms with Crippen molar-refractivity contribution in [3.8, 4) is 0 Å². The molecule has 3 atom stereocenters. The minimum Gasteiger partial charge on any atom is -1.00 e. The van der Waals surface area contributed by atoms with Gasteiger partial charge in [0, 0.05) is 37.5 Å². The van der Waals surface area contributed by atoms with E-state index in [-0.39, 0.29) is 24.4 Å². The van der Waals surface area contributed by atoms with Crippen molar-refractivity contribution in [2.75, 3.05) is 26.7 Å². The molecule has 152 valence electrons. The summed E-state index contributed by atoms with van der Waals surface area (Å²) in [5, 5.41) is 9.61. The number of carbonyl (C=O) groups is 1. The summed E-state index contributed by atoms with van der Waals surface area (Å²) in [5.41, 5.74) is 1.73. The van der Waals surface area contributed by atoms with E-state index in [4.69, 9.17) is 14.0 Å². The van der Waals surface area contributed by atoms with Gasteiger partial charge in [-0.15, -0.1) is 0 Å². The van der Waals surface area contributed by atoms with Crippen molar-refractivity contribution in [2.45, 2.75) is 25.0 Å². The Hall–Kier alpha value is -2.09. The van der Waals surface area contributed by atoms with Crippen LogP contribution in [0.2, 0.25) is 0 Å². The van der Waals surface area contributed by atoms with E-state index >= 15 is 0 Å². The van der Waals surface area contributed by atoms with E-state index in [1.807, 2.05) is 36.4 Å². The number of aromatic nitrogens is 1. The first-order valence-corrected chi connectivity index (χ1v) is 9.45. The maximum absolute atomic E-state index is 12.2. The highest BCUT2D eigenvalue weighted by Crippen LogP contribution is 2.61. The van der Waals surface area contributed by atoms with Gasteiger partial charge < -0.3 is 37.0 Å². The molecule has 8 heteroatoms. The smallest absolute Gasteiger partial charge is 0.407 e. The van der Waals surface area contributed by atoms with E-state index in [1.54, 1.807) is 7.11 Å². The number of ether oxygens (including phenoxy) is 2. The number of nitrogens with zero attached hydrogens (tertiary/aromatic N) is 1. The molecule has 4 rings (SSSR count). The molecule has 1 aliphatic carbocycles. The number of nitrogens with two attached hydrogens (primary N) is 1. The summed E-state index contributed by atoms with van der Waals surface area (Å²) in [5.74, 6) is 1.74. The highest BCUT2D eigenvalue weighted by Gasteiger charge is 2.68.